The Morgan fingerprint density at radius 2 is 1.88 bits per heavy atom. The summed E-state index contributed by atoms with van der Waals surface area (Å²) >= 11 is 0. The lowest BCUT2D eigenvalue weighted by molar-refractivity contribution is -0.142. The van der Waals surface area contributed by atoms with Gasteiger partial charge in [0.05, 0.1) is 6.26 Å². The Balaban J connectivity index is 1.78. The summed E-state index contributed by atoms with van der Waals surface area (Å²) in [5.41, 5.74) is 0.334. The molecule has 3 rings (SSSR count). The summed E-state index contributed by atoms with van der Waals surface area (Å²) in [4.78, 5) is 35.6. The maximum absolute atomic E-state index is 12.3. The third-order valence-corrected chi connectivity index (χ3v) is 3.62. The van der Waals surface area contributed by atoms with Crippen molar-refractivity contribution in [2.24, 2.45) is 0 Å². The number of hydrogen-bond donors (Lipinski definition) is 2. The molecule has 0 aliphatic heterocycles. The Bertz CT molecular complexity index is 964. The molecule has 0 saturated carbocycles. The summed E-state index contributed by atoms with van der Waals surface area (Å²) in [6.45, 7) is -0.413. The van der Waals surface area contributed by atoms with E-state index in [4.69, 9.17) is 4.42 Å². The Kier molecular flexibility index (Phi) is 4.93. The van der Waals surface area contributed by atoms with Gasteiger partial charge in [0.1, 0.15) is 12.2 Å². The van der Waals surface area contributed by atoms with Crippen LogP contribution in [0.2, 0.25) is 0 Å². The number of carboxylic acids is 1. The van der Waals surface area contributed by atoms with Crippen LogP contribution < -0.4 is 10.9 Å². The SMILES string of the molecule is O=C(Cn1nc(-c2ccco2)ccc1=O)NC(C(=O)O)c1ccccc1. The van der Waals surface area contributed by atoms with E-state index in [2.05, 4.69) is 10.4 Å². The second-order valence-electron chi connectivity index (χ2n) is 5.44. The van der Waals surface area contributed by atoms with E-state index in [-0.39, 0.29) is 0 Å². The second-order valence-corrected chi connectivity index (χ2v) is 5.44. The van der Waals surface area contributed by atoms with Gasteiger partial charge in [-0.05, 0) is 23.8 Å². The third-order valence-electron chi connectivity index (χ3n) is 3.62. The summed E-state index contributed by atoms with van der Waals surface area (Å²) in [5.74, 6) is -1.39. The summed E-state index contributed by atoms with van der Waals surface area (Å²) in [6.07, 6.45) is 1.47. The minimum atomic E-state index is -1.22. The molecule has 2 heterocycles. The average Bonchev–Trinajstić information content (AvgIpc) is 3.17. The van der Waals surface area contributed by atoms with Gasteiger partial charge in [0, 0.05) is 6.07 Å². The number of nitrogens with zero attached hydrogens (tertiary/aromatic N) is 2. The highest BCUT2D eigenvalue weighted by atomic mass is 16.4. The van der Waals surface area contributed by atoms with Crippen LogP contribution in [0.1, 0.15) is 11.6 Å². The number of carboxylic acid groups (broad SMARTS) is 1. The van der Waals surface area contributed by atoms with Crippen LogP contribution in [0.15, 0.2) is 70.1 Å². The van der Waals surface area contributed by atoms with Crippen molar-refractivity contribution in [3.05, 3.63) is 76.8 Å². The molecule has 3 aromatic rings. The molecule has 0 radical (unpaired) electrons. The van der Waals surface area contributed by atoms with E-state index >= 15 is 0 Å². The maximum atomic E-state index is 12.3. The van der Waals surface area contributed by atoms with Gasteiger partial charge in [0.2, 0.25) is 5.91 Å². The van der Waals surface area contributed by atoms with Crippen LogP contribution >= 0.6 is 0 Å². The molecule has 1 unspecified atom stereocenters. The van der Waals surface area contributed by atoms with Crippen LogP contribution in [-0.2, 0) is 16.1 Å². The summed E-state index contributed by atoms with van der Waals surface area (Å²) in [5, 5.41) is 15.8. The fraction of sp³-hybridized carbons (Fsp3) is 0.111. The molecule has 26 heavy (non-hydrogen) atoms. The van der Waals surface area contributed by atoms with Gasteiger partial charge in [-0.3, -0.25) is 9.59 Å². The van der Waals surface area contributed by atoms with Crippen molar-refractivity contribution < 1.29 is 19.1 Å². The standard InChI is InChI=1S/C18H15N3O5/c22-15(19-17(18(24)25)12-5-2-1-3-6-12)11-21-16(23)9-8-13(20-21)14-7-4-10-26-14/h1-10,17H,11H2,(H,19,22)(H,24,25). The number of benzene rings is 1. The van der Waals surface area contributed by atoms with Crippen LogP contribution in [-0.4, -0.2) is 26.8 Å². The molecule has 1 atom stereocenters. The van der Waals surface area contributed by atoms with Gasteiger partial charge < -0.3 is 14.8 Å². The van der Waals surface area contributed by atoms with Gasteiger partial charge in [0.15, 0.2) is 11.8 Å². The molecule has 0 spiro atoms. The van der Waals surface area contributed by atoms with Crippen LogP contribution in [0.25, 0.3) is 11.5 Å². The number of carbonyl (C=O) groups is 2. The van der Waals surface area contributed by atoms with Crippen molar-refractivity contribution in [3.63, 3.8) is 0 Å². The van der Waals surface area contributed by atoms with Crippen LogP contribution in [0.4, 0.5) is 0 Å². The summed E-state index contributed by atoms with van der Waals surface area (Å²) < 4.78 is 6.17. The molecule has 0 saturated heterocycles. The normalized spacial score (nSPS) is 11.7. The number of hydrogen-bond acceptors (Lipinski definition) is 5. The van der Waals surface area contributed by atoms with E-state index in [1.807, 2.05) is 0 Å². The number of carbonyl (C=O) groups excluding carboxylic acids is 1. The molecule has 0 aliphatic carbocycles. The van der Waals surface area contributed by atoms with Crippen molar-refractivity contribution in [3.8, 4) is 11.5 Å². The van der Waals surface area contributed by atoms with Crippen molar-refractivity contribution in [2.75, 3.05) is 0 Å². The van der Waals surface area contributed by atoms with E-state index in [1.54, 1.807) is 42.5 Å². The first-order valence-electron chi connectivity index (χ1n) is 7.74. The van der Waals surface area contributed by atoms with Crippen molar-refractivity contribution in [1.29, 1.82) is 0 Å². The highest BCUT2D eigenvalue weighted by molar-refractivity contribution is 5.84. The number of furan rings is 1. The average molecular weight is 353 g/mol. The Morgan fingerprint density at radius 3 is 2.54 bits per heavy atom. The first kappa shape index (κ1) is 17.2. The predicted octanol–water partition coefficient (Wildman–Crippen LogP) is 1.45. The van der Waals surface area contributed by atoms with Crippen molar-refractivity contribution >= 4 is 11.9 Å². The molecule has 0 aliphatic rings. The van der Waals surface area contributed by atoms with E-state index in [1.165, 1.54) is 18.4 Å². The van der Waals surface area contributed by atoms with Gasteiger partial charge in [-0.2, -0.15) is 5.10 Å². The van der Waals surface area contributed by atoms with Gasteiger partial charge in [0.25, 0.3) is 5.56 Å². The maximum Gasteiger partial charge on any atom is 0.330 e. The molecule has 132 valence electrons. The number of amides is 1. The third kappa shape index (κ3) is 3.86. The molecule has 0 fully saturated rings. The first-order chi connectivity index (χ1) is 12.5. The lowest BCUT2D eigenvalue weighted by atomic mass is 10.1. The molecular weight excluding hydrogens is 338 g/mol. The fourth-order valence-electron chi connectivity index (χ4n) is 2.39. The molecule has 1 aromatic carbocycles. The molecule has 1 amide bonds. The minimum absolute atomic E-state index is 0.389. The quantitative estimate of drug-likeness (QED) is 0.693. The zero-order chi connectivity index (χ0) is 18.5. The lowest BCUT2D eigenvalue weighted by Crippen LogP contribution is -2.38. The molecular formula is C18H15N3O5. The van der Waals surface area contributed by atoms with Crippen molar-refractivity contribution in [2.45, 2.75) is 12.6 Å². The zero-order valence-corrected chi connectivity index (χ0v) is 13.5. The number of aliphatic carboxylic acids is 1. The monoisotopic (exact) mass is 353 g/mol. The molecule has 8 heteroatoms. The van der Waals surface area contributed by atoms with Crippen LogP contribution in [0.3, 0.4) is 0 Å². The smallest absolute Gasteiger partial charge is 0.330 e. The Hall–Kier alpha value is -3.68. The van der Waals surface area contributed by atoms with Gasteiger partial charge in [-0.1, -0.05) is 30.3 Å². The summed E-state index contributed by atoms with van der Waals surface area (Å²) in [7, 11) is 0. The van der Waals surface area contributed by atoms with Gasteiger partial charge >= 0.3 is 5.97 Å². The van der Waals surface area contributed by atoms with E-state index in [9.17, 15) is 19.5 Å². The molecule has 0 bridgehead atoms. The minimum Gasteiger partial charge on any atom is -0.479 e. The predicted molar refractivity (Wildman–Crippen MR) is 91.2 cm³/mol. The highest BCUT2D eigenvalue weighted by Gasteiger charge is 2.22. The van der Waals surface area contributed by atoms with Gasteiger partial charge in [-0.15, -0.1) is 0 Å². The highest BCUT2D eigenvalue weighted by Crippen LogP contribution is 2.15. The number of nitrogens with one attached hydrogen (secondary N) is 1. The van der Waals surface area contributed by atoms with Crippen LogP contribution in [0, 0.1) is 0 Å². The molecule has 8 nitrogen and oxygen atoms in total. The molecule has 2 aromatic heterocycles. The number of rotatable bonds is 6. The summed E-state index contributed by atoms with van der Waals surface area (Å²) in [6, 6.07) is 13.2. The Labute approximate surface area is 147 Å². The van der Waals surface area contributed by atoms with Crippen molar-refractivity contribution in [1.82, 2.24) is 15.1 Å². The topological polar surface area (TPSA) is 114 Å². The van der Waals surface area contributed by atoms with E-state index < -0.39 is 30.0 Å². The zero-order valence-electron chi connectivity index (χ0n) is 13.5. The fourth-order valence-corrected chi connectivity index (χ4v) is 2.39. The number of aromatic nitrogens is 2. The molecule has 2 N–H and O–H groups in total. The Morgan fingerprint density at radius 1 is 1.12 bits per heavy atom. The second kappa shape index (κ2) is 7.47. The van der Waals surface area contributed by atoms with Gasteiger partial charge in [-0.25, -0.2) is 9.48 Å². The first-order valence-corrected chi connectivity index (χ1v) is 7.74. The van der Waals surface area contributed by atoms with E-state index in [0.717, 1.165) is 4.68 Å². The van der Waals surface area contributed by atoms with E-state index in [0.29, 0.717) is 17.0 Å². The van der Waals surface area contributed by atoms with Crippen LogP contribution in [0.5, 0.6) is 0 Å². The largest absolute Gasteiger partial charge is 0.479 e. The lowest BCUT2D eigenvalue weighted by Gasteiger charge is -2.15.